The van der Waals surface area contributed by atoms with Gasteiger partial charge >= 0.3 is 0 Å². The third kappa shape index (κ3) is 4.69. The Labute approximate surface area is 154 Å². The van der Waals surface area contributed by atoms with Crippen LogP contribution >= 0.6 is 0 Å². The van der Waals surface area contributed by atoms with Crippen LogP contribution in [0.5, 0.6) is 0 Å². The van der Waals surface area contributed by atoms with Crippen LogP contribution < -0.4 is 5.73 Å². The van der Waals surface area contributed by atoms with Crippen molar-refractivity contribution in [3.63, 3.8) is 0 Å². The Hall–Kier alpha value is -1.76. The van der Waals surface area contributed by atoms with E-state index >= 15 is 0 Å². The molecule has 0 aliphatic heterocycles. The van der Waals surface area contributed by atoms with Gasteiger partial charge in [-0.2, -0.15) is 0 Å². The molecule has 4 N–H and O–H groups in total. The summed E-state index contributed by atoms with van der Waals surface area (Å²) < 4.78 is 12.2. The molecule has 2 aromatic rings. The van der Waals surface area contributed by atoms with Crippen molar-refractivity contribution in [1.29, 1.82) is 0 Å². The van der Waals surface area contributed by atoms with Gasteiger partial charge in [0.25, 0.3) is 0 Å². The van der Waals surface area contributed by atoms with Gasteiger partial charge in [0.05, 0.1) is 31.5 Å². The Morgan fingerprint density at radius 2 is 1.35 bits per heavy atom. The lowest BCUT2D eigenvalue weighted by Crippen LogP contribution is -2.60. The van der Waals surface area contributed by atoms with Gasteiger partial charge in [0.2, 0.25) is 0 Å². The third-order valence-corrected chi connectivity index (χ3v) is 4.96. The Morgan fingerprint density at radius 3 is 1.85 bits per heavy atom. The maximum Gasteiger partial charge on any atom is 0.102 e. The number of ether oxygens (including phenoxy) is 2. The van der Waals surface area contributed by atoms with E-state index in [2.05, 4.69) is 0 Å². The van der Waals surface area contributed by atoms with Crippen molar-refractivity contribution < 1.29 is 19.7 Å². The summed E-state index contributed by atoms with van der Waals surface area (Å²) in [4.78, 5) is 0. The highest BCUT2D eigenvalue weighted by Crippen LogP contribution is 2.30. The SMILES string of the molecule is N[C@@H]1[C@@H](OCc2ccccc2)[C@H](OCc2ccccc2)[C@@H](CO)C[C@@H]1O. The first-order valence-corrected chi connectivity index (χ1v) is 9.04. The first kappa shape index (κ1) is 19.0. The monoisotopic (exact) mass is 357 g/mol. The van der Waals surface area contributed by atoms with Crippen LogP contribution in [0.1, 0.15) is 17.5 Å². The van der Waals surface area contributed by atoms with E-state index in [1.165, 1.54) is 0 Å². The summed E-state index contributed by atoms with van der Waals surface area (Å²) in [6.45, 7) is 0.722. The number of benzene rings is 2. The van der Waals surface area contributed by atoms with Crippen LogP contribution in [-0.4, -0.2) is 41.2 Å². The van der Waals surface area contributed by atoms with Gasteiger partial charge in [-0.25, -0.2) is 0 Å². The van der Waals surface area contributed by atoms with Gasteiger partial charge in [-0.3, -0.25) is 0 Å². The maximum atomic E-state index is 10.3. The number of aliphatic hydroxyl groups is 2. The Balaban J connectivity index is 1.71. The molecule has 0 aromatic heterocycles. The van der Waals surface area contributed by atoms with Crippen molar-refractivity contribution in [2.75, 3.05) is 6.61 Å². The molecule has 5 atom stereocenters. The molecular weight excluding hydrogens is 330 g/mol. The van der Waals surface area contributed by atoms with Crippen LogP contribution in [0.2, 0.25) is 0 Å². The van der Waals surface area contributed by atoms with Crippen molar-refractivity contribution in [2.24, 2.45) is 11.7 Å². The molecule has 1 fully saturated rings. The van der Waals surface area contributed by atoms with E-state index in [-0.39, 0.29) is 18.6 Å². The number of hydrogen-bond donors (Lipinski definition) is 3. The molecule has 26 heavy (non-hydrogen) atoms. The van der Waals surface area contributed by atoms with Gasteiger partial charge in [-0.15, -0.1) is 0 Å². The fraction of sp³-hybridized carbons (Fsp3) is 0.429. The summed E-state index contributed by atoms with van der Waals surface area (Å²) in [5.41, 5.74) is 8.30. The van der Waals surface area contributed by atoms with Crippen molar-refractivity contribution in [3.8, 4) is 0 Å². The van der Waals surface area contributed by atoms with Crippen LogP contribution in [0.4, 0.5) is 0 Å². The fourth-order valence-electron chi connectivity index (χ4n) is 3.46. The van der Waals surface area contributed by atoms with E-state index < -0.39 is 18.2 Å². The van der Waals surface area contributed by atoms with Gasteiger partial charge in [0.1, 0.15) is 6.10 Å². The molecule has 0 unspecified atom stereocenters. The first-order chi connectivity index (χ1) is 12.7. The van der Waals surface area contributed by atoms with Crippen molar-refractivity contribution in [2.45, 2.75) is 44.0 Å². The van der Waals surface area contributed by atoms with Crippen molar-refractivity contribution in [3.05, 3.63) is 71.8 Å². The van der Waals surface area contributed by atoms with Gasteiger partial charge in [-0.05, 0) is 17.5 Å². The van der Waals surface area contributed by atoms with E-state index in [4.69, 9.17) is 15.2 Å². The predicted molar refractivity (Wildman–Crippen MR) is 99.2 cm³/mol. The average molecular weight is 357 g/mol. The van der Waals surface area contributed by atoms with Crippen LogP contribution in [0.3, 0.4) is 0 Å². The molecule has 1 saturated carbocycles. The molecule has 1 aliphatic carbocycles. The second-order valence-corrected chi connectivity index (χ2v) is 6.85. The molecule has 3 rings (SSSR count). The van der Waals surface area contributed by atoms with E-state index in [1.807, 2.05) is 60.7 Å². The summed E-state index contributed by atoms with van der Waals surface area (Å²) in [5, 5.41) is 20.1. The van der Waals surface area contributed by atoms with Gasteiger partial charge in [0, 0.05) is 12.5 Å². The Kier molecular flexibility index (Phi) is 6.77. The van der Waals surface area contributed by atoms with E-state index in [9.17, 15) is 10.2 Å². The molecule has 0 spiro atoms. The zero-order valence-corrected chi connectivity index (χ0v) is 14.8. The summed E-state index contributed by atoms with van der Waals surface area (Å²) >= 11 is 0. The predicted octanol–water partition coefficient (Wildman–Crippen LogP) is 1.86. The van der Waals surface area contributed by atoms with Gasteiger partial charge in [0.15, 0.2) is 0 Å². The molecule has 0 saturated heterocycles. The van der Waals surface area contributed by atoms with E-state index in [1.54, 1.807) is 0 Å². The van der Waals surface area contributed by atoms with Gasteiger partial charge < -0.3 is 25.4 Å². The summed E-state index contributed by atoms with van der Waals surface area (Å²) in [5.74, 6) is -0.214. The number of hydrogen-bond acceptors (Lipinski definition) is 5. The molecular formula is C21H27NO4. The van der Waals surface area contributed by atoms with E-state index in [0.29, 0.717) is 19.6 Å². The molecule has 0 amide bonds. The molecule has 1 aliphatic rings. The van der Waals surface area contributed by atoms with Crippen molar-refractivity contribution >= 4 is 0 Å². The average Bonchev–Trinajstić information content (AvgIpc) is 2.69. The minimum Gasteiger partial charge on any atom is -0.396 e. The van der Waals surface area contributed by atoms with Crippen molar-refractivity contribution in [1.82, 2.24) is 0 Å². The Morgan fingerprint density at radius 1 is 0.846 bits per heavy atom. The third-order valence-electron chi connectivity index (χ3n) is 4.96. The highest BCUT2D eigenvalue weighted by molar-refractivity contribution is 5.14. The Bertz CT molecular complexity index is 608. The largest absolute Gasteiger partial charge is 0.396 e. The molecule has 5 heteroatoms. The molecule has 2 aromatic carbocycles. The summed E-state index contributed by atoms with van der Waals surface area (Å²) in [6.07, 6.45) is -1.17. The zero-order chi connectivity index (χ0) is 18.4. The highest BCUT2D eigenvalue weighted by Gasteiger charge is 2.44. The van der Waals surface area contributed by atoms with E-state index in [0.717, 1.165) is 11.1 Å². The number of nitrogens with two attached hydrogens (primary N) is 1. The zero-order valence-electron chi connectivity index (χ0n) is 14.8. The summed E-state index contributed by atoms with van der Waals surface area (Å²) in [7, 11) is 0. The van der Waals surface area contributed by atoms with Crippen LogP contribution in [0.25, 0.3) is 0 Å². The standard InChI is InChI=1S/C21H27NO4/c22-19-18(24)11-17(12-23)20(25-13-15-7-3-1-4-8-15)21(19)26-14-16-9-5-2-6-10-16/h1-10,17-21,23-24H,11-14,22H2/t17-,18+,19+,20-,21-/m1/s1. The second kappa shape index (κ2) is 9.26. The van der Waals surface area contributed by atoms with Crippen LogP contribution in [0, 0.1) is 5.92 Å². The first-order valence-electron chi connectivity index (χ1n) is 9.04. The maximum absolute atomic E-state index is 10.3. The lowest BCUT2D eigenvalue weighted by molar-refractivity contribution is -0.165. The number of aliphatic hydroxyl groups excluding tert-OH is 2. The molecule has 5 nitrogen and oxygen atoms in total. The quantitative estimate of drug-likeness (QED) is 0.704. The topological polar surface area (TPSA) is 84.9 Å². The fourth-order valence-corrected chi connectivity index (χ4v) is 3.46. The lowest BCUT2D eigenvalue weighted by Gasteiger charge is -2.43. The molecule has 0 bridgehead atoms. The molecule has 140 valence electrons. The lowest BCUT2D eigenvalue weighted by atomic mass is 9.80. The highest BCUT2D eigenvalue weighted by atomic mass is 16.5. The molecule has 0 radical (unpaired) electrons. The minimum absolute atomic E-state index is 0.0750. The smallest absolute Gasteiger partial charge is 0.102 e. The van der Waals surface area contributed by atoms with Crippen LogP contribution in [-0.2, 0) is 22.7 Å². The summed E-state index contributed by atoms with van der Waals surface area (Å²) in [6, 6.07) is 19.1. The minimum atomic E-state index is -0.718. The van der Waals surface area contributed by atoms with Crippen LogP contribution in [0.15, 0.2) is 60.7 Å². The van der Waals surface area contributed by atoms with Gasteiger partial charge in [-0.1, -0.05) is 60.7 Å². The number of rotatable bonds is 7. The molecule has 0 heterocycles. The normalized spacial score (nSPS) is 28.8. The second-order valence-electron chi connectivity index (χ2n) is 6.85.